The fourth-order valence-corrected chi connectivity index (χ4v) is 7.30. The topological polar surface area (TPSA) is 79.2 Å². The maximum absolute atomic E-state index is 10.3. The molecule has 3 fully saturated rings. The van der Waals surface area contributed by atoms with Crippen molar-refractivity contribution in [2.24, 2.45) is 23.2 Å². The van der Waals surface area contributed by atoms with Gasteiger partial charge in [-0.1, -0.05) is 19.1 Å². The van der Waals surface area contributed by atoms with Crippen LogP contribution in [0.5, 0.6) is 5.75 Å². The fourth-order valence-electron chi connectivity index (χ4n) is 7.30. The van der Waals surface area contributed by atoms with Crippen LogP contribution in [0.4, 0.5) is 0 Å². The Kier molecular flexibility index (Phi) is 5.45. The van der Waals surface area contributed by atoms with E-state index in [9.17, 15) is 15.3 Å². The Labute approximate surface area is 185 Å². The van der Waals surface area contributed by atoms with Gasteiger partial charge in [-0.3, -0.25) is 0 Å². The van der Waals surface area contributed by atoms with Crippen molar-refractivity contribution in [1.29, 1.82) is 0 Å². The lowest BCUT2D eigenvalue weighted by Gasteiger charge is -2.50. The van der Waals surface area contributed by atoms with Crippen molar-refractivity contribution in [2.75, 3.05) is 0 Å². The van der Waals surface area contributed by atoms with Gasteiger partial charge in [0.2, 0.25) is 6.29 Å². The molecule has 170 valence electrons. The molecular weight excluding hydrogens is 392 g/mol. The van der Waals surface area contributed by atoms with E-state index in [4.69, 9.17) is 9.47 Å². The van der Waals surface area contributed by atoms with E-state index < -0.39 is 30.7 Å². The normalized spacial score (nSPS) is 46.5. The van der Waals surface area contributed by atoms with E-state index in [1.54, 1.807) is 6.92 Å². The van der Waals surface area contributed by atoms with Crippen molar-refractivity contribution in [3.63, 3.8) is 0 Å². The van der Waals surface area contributed by atoms with E-state index in [2.05, 4.69) is 31.7 Å². The van der Waals surface area contributed by atoms with Crippen LogP contribution in [-0.4, -0.2) is 46.0 Å². The lowest BCUT2D eigenvalue weighted by Crippen LogP contribution is -2.58. The van der Waals surface area contributed by atoms with Gasteiger partial charge in [0.1, 0.15) is 24.1 Å². The monoisotopic (exact) mass is 428 g/mol. The van der Waals surface area contributed by atoms with Crippen LogP contribution in [0, 0.1) is 23.2 Å². The van der Waals surface area contributed by atoms with Crippen LogP contribution < -0.4 is 4.74 Å². The van der Waals surface area contributed by atoms with Crippen molar-refractivity contribution in [2.45, 2.75) is 89.0 Å². The van der Waals surface area contributed by atoms with Crippen molar-refractivity contribution in [1.82, 2.24) is 0 Å². The maximum atomic E-state index is 10.3. The Morgan fingerprint density at radius 3 is 2.68 bits per heavy atom. The summed E-state index contributed by atoms with van der Waals surface area (Å²) in [6.07, 6.45) is 4.30. The molecule has 0 radical (unpaired) electrons. The van der Waals surface area contributed by atoms with Crippen molar-refractivity contribution in [3.8, 4) is 5.75 Å². The van der Waals surface area contributed by atoms with Crippen LogP contribution >= 0.6 is 0 Å². The number of aliphatic hydroxyl groups excluding tert-OH is 3. The van der Waals surface area contributed by atoms with E-state index in [0.29, 0.717) is 23.0 Å². The predicted molar refractivity (Wildman–Crippen MR) is 118 cm³/mol. The molecule has 10 atom stereocenters. The van der Waals surface area contributed by atoms with Crippen LogP contribution in [0.15, 0.2) is 30.9 Å². The first-order valence-corrected chi connectivity index (χ1v) is 11.9. The Morgan fingerprint density at radius 1 is 1.10 bits per heavy atom. The van der Waals surface area contributed by atoms with Crippen molar-refractivity contribution in [3.05, 3.63) is 42.0 Å². The summed E-state index contributed by atoms with van der Waals surface area (Å²) in [6, 6.07) is 6.25. The molecule has 31 heavy (non-hydrogen) atoms. The Morgan fingerprint density at radius 2 is 1.90 bits per heavy atom. The second-order valence-electron chi connectivity index (χ2n) is 10.5. The first-order valence-electron chi connectivity index (χ1n) is 11.9. The number of aliphatic hydroxyl groups is 3. The minimum absolute atomic E-state index is 0.417. The molecule has 1 heterocycles. The molecule has 5 rings (SSSR count). The molecule has 0 aromatic heterocycles. The number of aryl methyl sites for hydroxylation is 1. The fraction of sp³-hybridized carbons (Fsp3) is 0.692. The zero-order valence-electron chi connectivity index (χ0n) is 18.6. The molecule has 4 aliphatic rings. The molecule has 5 heteroatoms. The summed E-state index contributed by atoms with van der Waals surface area (Å²) in [5.41, 5.74) is 3.21. The van der Waals surface area contributed by atoms with Crippen LogP contribution in [0.3, 0.4) is 0 Å². The summed E-state index contributed by atoms with van der Waals surface area (Å²) in [5, 5.41) is 30.2. The molecule has 3 aliphatic carbocycles. The first-order chi connectivity index (χ1) is 14.8. The molecule has 0 bridgehead atoms. The zero-order chi connectivity index (χ0) is 21.9. The highest BCUT2D eigenvalue weighted by Crippen LogP contribution is 2.63. The highest BCUT2D eigenvalue weighted by atomic mass is 16.7. The Balaban J connectivity index is 1.34. The highest BCUT2D eigenvalue weighted by Gasteiger charge is 2.53. The van der Waals surface area contributed by atoms with Crippen molar-refractivity contribution < 1.29 is 24.8 Å². The van der Waals surface area contributed by atoms with Gasteiger partial charge in [-0.25, -0.2) is 0 Å². The third kappa shape index (κ3) is 3.36. The van der Waals surface area contributed by atoms with E-state index in [1.807, 2.05) is 6.07 Å². The zero-order valence-corrected chi connectivity index (χ0v) is 18.6. The van der Waals surface area contributed by atoms with Crippen LogP contribution in [-0.2, 0) is 11.2 Å². The molecule has 0 amide bonds. The van der Waals surface area contributed by atoms with Gasteiger partial charge in [-0.2, -0.15) is 0 Å². The van der Waals surface area contributed by atoms with Gasteiger partial charge >= 0.3 is 0 Å². The highest BCUT2D eigenvalue weighted by molar-refractivity contribution is 5.41. The average molecular weight is 429 g/mol. The van der Waals surface area contributed by atoms with Crippen LogP contribution in [0.2, 0.25) is 0 Å². The molecule has 1 saturated heterocycles. The van der Waals surface area contributed by atoms with Gasteiger partial charge in [0, 0.05) is 0 Å². The van der Waals surface area contributed by atoms with Gasteiger partial charge in [0.05, 0.1) is 6.10 Å². The van der Waals surface area contributed by atoms with Crippen LogP contribution in [0.1, 0.15) is 63.0 Å². The minimum atomic E-state index is -1.29. The smallest absolute Gasteiger partial charge is 0.229 e. The lowest BCUT2D eigenvalue weighted by atomic mass is 9.54. The SMILES string of the molecule is C=CC1CCC2C3CCc4cc(OC5OC(C)C(O)C(O)C5O)ccc4C3CCC12C. The molecule has 0 spiro atoms. The number of allylic oxidation sites excluding steroid dienone is 1. The van der Waals surface area contributed by atoms with E-state index in [0.717, 1.165) is 18.3 Å². The maximum Gasteiger partial charge on any atom is 0.229 e. The first kappa shape index (κ1) is 21.4. The van der Waals surface area contributed by atoms with Crippen LogP contribution in [0.25, 0.3) is 0 Å². The van der Waals surface area contributed by atoms with Gasteiger partial charge in [-0.05, 0) is 97.8 Å². The largest absolute Gasteiger partial charge is 0.462 e. The number of hydrogen-bond acceptors (Lipinski definition) is 5. The molecule has 2 saturated carbocycles. The molecule has 1 aromatic carbocycles. The van der Waals surface area contributed by atoms with Crippen molar-refractivity contribution >= 4 is 0 Å². The molecular formula is C26H36O5. The Hall–Kier alpha value is -1.40. The molecule has 3 N–H and O–H groups in total. The number of hydrogen-bond donors (Lipinski definition) is 3. The van der Waals surface area contributed by atoms with Gasteiger partial charge < -0.3 is 24.8 Å². The van der Waals surface area contributed by atoms with E-state index in [-0.39, 0.29) is 0 Å². The van der Waals surface area contributed by atoms with Gasteiger partial charge in [0.15, 0.2) is 0 Å². The standard InChI is InChI=1S/C26H36O5/c1-4-16-6-10-21-20-8-5-15-13-17(7-9-18(15)19(20)11-12-26(16,21)3)31-25-24(29)23(28)22(27)14(2)30-25/h4,7,9,13-14,16,19-25,27-29H,1,5-6,8,10-12H2,2-3H3. The molecule has 5 nitrogen and oxygen atoms in total. The lowest BCUT2D eigenvalue weighted by molar-refractivity contribution is -0.268. The van der Waals surface area contributed by atoms with E-state index in [1.165, 1.54) is 43.2 Å². The van der Waals surface area contributed by atoms with E-state index >= 15 is 0 Å². The number of benzene rings is 1. The molecule has 1 aromatic rings. The Bertz CT molecular complexity index is 839. The summed E-state index contributed by atoms with van der Waals surface area (Å²) in [7, 11) is 0. The summed E-state index contributed by atoms with van der Waals surface area (Å²) >= 11 is 0. The summed E-state index contributed by atoms with van der Waals surface area (Å²) in [4.78, 5) is 0. The number of rotatable bonds is 3. The molecule has 10 unspecified atom stereocenters. The second-order valence-corrected chi connectivity index (χ2v) is 10.5. The average Bonchev–Trinajstić information content (AvgIpc) is 3.12. The minimum Gasteiger partial charge on any atom is -0.462 e. The summed E-state index contributed by atoms with van der Waals surface area (Å²) in [5.74, 6) is 3.47. The second kappa shape index (κ2) is 7.87. The third-order valence-corrected chi connectivity index (χ3v) is 9.12. The summed E-state index contributed by atoms with van der Waals surface area (Å²) < 4.78 is 11.5. The third-order valence-electron chi connectivity index (χ3n) is 9.12. The number of ether oxygens (including phenoxy) is 2. The number of fused-ring (bicyclic) bond motifs is 5. The van der Waals surface area contributed by atoms with Gasteiger partial charge in [-0.15, -0.1) is 6.58 Å². The quantitative estimate of drug-likeness (QED) is 0.642. The predicted octanol–water partition coefficient (Wildman–Crippen LogP) is 3.55. The van der Waals surface area contributed by atoms with Gasteiger partial charge in [0.25, 0.3) is 0 Å². The molecule has 1 aliphatic heterocycles. The summed E-state index contributed by atoms with van der Waals surface area (Å²) in [6.45, 7) is 8.29.